The minimum absolute atomic E-state index is 0. The number of rotatable bonds is 14. The van der Waals surface area contributed by atoms with Crippen LogP contribution in [-0.4, -0.2) is 81.0 Å². The van der Waals surface area contributed by atoms with Crippen molar-refractivity contribution in [2.45, 2.75) is 60.5 Å². The van der Waals surface area contributed by atoms with Crippen molar-refractivity contribution >= 4 is 109 Å². The van der Waals surface area contributed by atoms with E-state index >= 15 is 0 Å². The van der Waals surface area contributed by atoms with E-state index in [-0.39, 0.29) is 79.6 Å². The van der Waals surface area contributed by atoms with Gasteiger partial charge >= 0.3 is 41.5 Å². The fourth-order valence-corrected chi connectivity index (χ4v) is 11.7. The van der Waals surface area contributed by atoms with Crippen LogP contribution in [-0.2, 0) is 64.7 Å². The van der Waals surface area contributed by atoms with Gasteiger partial charge in [0.15, 0.2) is 31.3 Å². The number of nitrogens with one attached hydrogen (secondary N) is 1. The number of fused-ring (bicyclic) bond motifs is 1. The molecular weight excluding hydrogens is 1220 g/mol. The fourth-order valence-electron chi connectivity index (χ4n) is 8.57. The van der Waals surface area contributed by atoms with E-state index in [0.717, 1.165) is 52.1 Å². The molecule has 2 aliphatic heterocycles. The summed E-state index contributed by atoms with van der Waals surface area (Å²) in [5.41, 5.74) is 4.70. The molecule has 22 heteroatoms. The number of carbonyl (C=O) groups excluding carboxylic acids is 3. The molecule has 0 bridgehead atoms. The van der Waals surface area contributed by atoms with Crippen LogP contribution in [0.25, 0.3) is 33.6 Å². The zero-order valence-electron chi connectivity index (χ0n) is 45.5. The Balaban J connectivity index is 0.000000204. The number of benzene rings is 7. The van der Waals surface area contributed by atoms with Crippen LogP contribution in [0.4, 0.5) is 8.78 Å². The SMILES string of the molecule is CC(C)OC1=C(c2ccc(S(C)(=O)=O)cc2)C(C)(C)OC1=O.COc1ccc(Br)cc1S(=O)(=O)NC(=O)/C=C/c1cc(Cl)ccc1Cc1ccc2ccccc2c1.CS(=O)(=O)c1ccc(C2=C(c3ccc(F)c(F)c3)C(=O)OC2)cc1.[Na+]. The monoisotopic (exact) mass is 1270 g/mol. The molecule has 0 saturated heterocycles. The van der Waals surface area contributed by atoms with Crippen LogP contribution in [0.1, 0.15) is 61.1 Å². The molecule has 0 aromatic heterocycles. The Morgan fingerprint density at radius 2 is 1.35 bits per heavy atom. The van der Waals surface area contributed by atoms with Gasteiger partial charge in [0.25, 0.3) is 15.9 Å². The van der Waals surface area contributed by atoms with Crippen molar-refractivity contribution in [3.8, 4) is 5.75 Å². The molecule has 0 saturated carbocycles. The number of halogens is 4. The first-order chi connectivity index (χ1) is 38.0. The molecule has 0 unspecified atom stereocenters. The van der Waals surface area contributed by atoms with E-state index in [1.807, 2.05) is 32.0 Å². The summed E-state index contributed by atoms with van der Waals surface area (Å²) >= 11 is 9.44. The van der Waals surface area contributed by atoms with Crippen molar-refractivity contribution in [3.05, 3.63) is 212 Å². The zero-order chi connectivity index (χ0) is 59.2. The maximum atomic E-state index is 13.5. The second kappa shape index (κ2) is 26.8. The van der Waals surface area contributed by atoms with E-state index in [4.69, 9.17) is 30.5 Å². The van der Waals surface area contributed by atoms with Crippen molar-refractivity contribution in [2.24, 2.45) is 0 Å². The minimum atomic E-state index is -4.15. The van der Waals surface area contributed by atoms with E-state index in [1.54, 1.807) is 62.4 Å². The number of cyclic esters (lactones) is 2. The van der Waals surface area contributed by atoms with Crippen molar-refractivity contribution in [2.75, 3.05) is 26.2 Å². The molecule has 0 fully saturated rings. The third-order valence-corrected chi connectivity index (χ3v) is 16.7. The van der Waals surface area contributed by atoms with Gasteiger partial charge in [0.05, 0.1) is 34.2 Å². The number of methoxy groups -OCH3 is 1. The molecule has 0 radical (unpaired) electrons. The minimum Gasteiger partial charge on any atom is -0.495 e. The molecule has 422 valence electrons. The standard InChI is InChI=1S/C27H21BrClNO4S.C17H12F2O4S.C16H20O5S.Na/c1-34-25-12-10-23(28)17-26(25)35(32,33)30-27(31)13-9-22-16-24(29)11-8-21(22)15-18-6-7-19-4-2-3-5-20(19)14-18;1-24(21,22)12-5-2-10(3-6-12)13-9-23-17(20)16(13)11-4-7-14(18)15(19)8-11;1-10(2)20-14-13(16(3,4)21-15(14)17)11-6-8-12(9-7-11)22(5,18)19;/h2-14,16-17H,15H2,1H3,(H,30,31);2-8H,9H2,1H3;6-10H,1-5H3;/q;;;+1/b13-9+;;;. The molecule has 82 heavy (non-hydrogen) atoms. The summed E-state index contributed by atoms with van der Waals surface area (Å²) in [5, 5.41) is 2.81. The largest absolute Gasteiger partial charge is 1.00 e. The van der Waals surface area contributed by atoms with E-state index in [0.29, 0.717) is 38.2 Å². The average Bonchev–Trinajstić information content (AvgIpc) is 3.08. The predicted molar refractivity (Wildman–Crippen MR) is 310 cm³/mol. The number of sulfone groups is 2. The first kappa shape index (κ1) is 64.7. The Morgan fingerprint density at radius 3 is 1.95 bits per heavy atom. The summed E-state index contributed by atoms with van der Waals surface area (Å²) in [7, 11) is -9.38. The second-order valence-corrected chi connectivity index (χ2v) is 26.3. The topological polar surface area (TPSA) is 203 Å². The summed E-state index contributed by atoms with van der Waals surface area (Å²) in [4.78, 5) is 36.8. The average molecular weight is 1270 g/mol. The summed E-state index contributed by atoms with van der Waals surface area (Å²) in [6, 6.07) is 39.8. The third-order valence-electron chi connectivity index (χ3n) is 12.4. The summed E-state index contributed by atoms with van der Waals surface area (Å²) in [6.07, 6.45) is 5.44. The Kier molecular flexibility index (Phi) is 21.2. The van der Waals surface area contributed by atoms with Crippen LogP contribution >= 0.6 is 27.5 Å². The van der Waals surface area contributed by atoms with E-state index in [9.17, 15) is 48.4 Å². The molecule has 9 rings (SSSR count). The van der Waals surface area contributed by atoms with E-state index < -0.39 is 64.8 Å². The molecule has 1 N–H and O–H groups in total. The first-order valence-electron chi connectivity index (χ1n) is 24.5. The van der Waals surface area contributed by atoms with Crippen molar-refractivity contribution < 1.29 is 96.9 Å². The predicted octanol–water partition coefficient (Wildman–Crippen LogP) is 8.77. The number of sulfonamides is 1. The third kappa shape index (κ3) is 16.2. The van der Waals surface area contributed by atoms with Gasteiger partial charge in [-0.3, -0.25) is 4.79 Å². The van der Waals surface area contributed by atoms with Crippen LogP contribution in [0.2, 0.25) is 5.02 Å². The molecule has 2 aliphatic rings. The van der Waals surface area contributed by atoms with Gasteiger partial charge in [0, 0.05) is 33.7 Å². The number of hydrogen-bond acceptors (Lipinski definition) is 13. The van der Waals surface area contributed by atoms with E-state index in [2.05, 4.69) is 51.0 Å². The van der Waals surface area contributed by atoms with Gasteiger partial charge in [-0.05, 0) is 151 Å². The van der Waals surface area contributed by atoms with Gasteiger partial charge in [0.2, 0.25) is 5.76 Å². The zero-order valence-corrected chi connectivity index (χ0v) is 52.3. The van der Waals surface area contributed by atoms with Gasteiger partial charge in [-0.15, -0.1) is 0 Å². The number of carbonyl (C=O) groups is 3. The van der Waals surface area contributed by atoms with Crippen LogP contribution in [0.15, 0.2) is 177 Å². The van der Waals surface area contributed by atoms with Gasteiger partial charge in [-0.2, -0.15) is 0 Å². The summed E-state index contributed by atoms with van der Waals surface area (Å²) in [6.45, 7) is 7.19. The molecule has 0 spiro atoms. The number of hydrogen-bond donors (Lipinski definition) is 1. The Labute approximate surface area is 510 Å². The molecule has 14 nitrogen and oxygen atoms in total. The summed E-state index contributed by atoms with van der Waals surface area (Å²) in [5.74, 6) is -3.68. The molecule has 1 amide bonds. The molecule has 7 aromatic rings. The van der Waals surface area contributed by atoms with Gasteiger partial charge < -0.3 is 18.9 Å². The van der Waals surface area contributed by atoms with Crippen LogP contribution in [0.5, 0.6) is 5.75 Å². The molecular formula is C60H53BrClF2NNaO13S3+. The first-order valence-corrected chi connectivity index (χ1v) is 30.9. The van der Waals surface area contributed by atoms with Crippen LogP contribution in [0, 0.1) is 11.6 Å². The maximum Gasteiger partial charge on any atom is 1.00 e. The molecule has 7 aromatic carbocycles. The Morgan fingerprint density at radius 1 is 0.744 bits per heavy atom. The number of esters is 2. The number of amides is 1. The van der Waals surface area contributed by atoms with Crippen LogP contribution in [0.3, 0.4) is 0 Å². The summed E-state index contributed by atoms with van der Waals surface area (Å²) < 4.78 is 122. The van der Waals surface area contributed by atoms with Gasteiger partial charge in [-0.25, -0.2) is 48.3 Å². The van der Waals surface area contributed by atoms with Crippen molar-refractivity contribution in [1.29, 1.82) is 0 Å². The van der Waals surface area contributed by atoms with E-state index in [1.165, 1.54) is 55.7 Å². The number of ether oxygens (including phenoxy) is 4. The molecule has 0 aliphatic carbocycles. The quantitative estimate of drug-likeness (QED) is 0.0616. The second-order valence-electron chi connectivity index (χ2n) is 19.2. The molecule has 0 atom stereocenters. The smallest absolute Gasteiger partial charge is 0.495 e. The van der Waals surface area contributed by atoms with Gasteiger partial charge in [-0.1, -0.05) is 106 Å². The fraction of sp³-hybridized carbons (Fsp3) is 0.183. The van der Waals surface area contributed by atoms with Crippen LogP contribution < -0.4 is 39.0 Å². The van der Waals surface area contributed by atoms with Crippen molar-refractivity contribution in [1.82, 2.24) is 4.72 Å². The van der Waals surface area contributed by atoms with Gasteiger partial charge in [0.1, 0.15) is 22.9 Å². The maximum absolute atomic E-state index is 13.5. The Bertz CT molecular complexity index is 4060. The normalized spacial score (nSPS) is 14.1. The Hall–Kier alpha value is -6.49. The molecule has 2 heterocycles. The van der Waals surface area contributed by atoms with Crippen molar-refractivity contribution in [3.63, 3.8) is 0 Å².